The lowest BCUT2D eigenvalue weighted by molar-refractivity contribution is -0.462. The fourth-order valence-corrected chi connectivity index (χ4v) is 2.80. The van der Waals surface area contributed by atoms with Crippen LogP contribution in [-0.2, 0) is 4.74 Å². The highest BCUT2D eigenvalue weighted by molar-refractivity contribution is 5.20. The molecule has 0 amide bonds. The monoisotopic (exact) mass is 582 g/mol. The largest absolute Gasteiger partial charge is 0.460 e. The standard InChI is InChI=1S/C19H15F17O/c1-9(2)37-11(10-6-4-3-5-7-10)8-12(20,21)13(22,23)14(24,25)15(26,27)16(28,29)17(30,31)18(32,33)19(34,35)36/h3-7,9,11H,8H2,1-2H3. The molecule has 1 rings (SSSR count). The SMILES string of the molecule is CC(C)OC(CC(F)(F)C(F)(F)C(F)(F)C(F)(F)C(F)(F)C(F)(F)C(F)(F)C(F)(F)F)c1ccccc1. The van der Waals surface area contributed by atoms with Crippen LogP contribution in [0.15, 0.2) is 30.3 Å². The Balaban J connectivity index is 3.61. The van der Waals surface area contributed by atoms with Gasteiger partial charge in [0.25, 0.3) is 0 Å². The Morgan fingerprint density at radius 1 is 0.541 bits per heavy atom. The Labute approximate surface area is 196 Å². The Hall–Kier alpha value is -2.01. The van der Waals surface area contributed by atoms with Gasteiger partial charge < -0.3 is 4.74 Å². The second kappa shape index (κ2) is 9.63. The summed E-state index contributed by atoms with van der Waals surface area (Å²) in [6, 6.07) is 5.24. The molecule has 1 aromatic rings. The Morgan fingerprint density at radius 2 is 0.892 bits per heavy atom. The van der Waals surface area contributed by atoms with E-state index < -0.39 is 71.8 Å². The molecule has 1 atom stereocenters. The van der Waals surface area contributed by atoms with Crippen LogP contribution in [0.2, 0.25) is 0 Å². The summed E-state index contributed by atoms with van der Waals surface area (Å²) in [7, 11) is 0. The van der Waals surface area contributed by atoms with Crippen molar-refractivity contribution in [1.82, 2.24) is 0 Å². The maximum Gasteiger partial charge on any atom is 0.460 e. The Bertz CT molecular complexity index is 905. The van der Waals surface area contributed by atoms with Crippen molar-refractivity contribution < 1.29 is 79.4 Å². The summed E-state index contributed by atoms with van der Waals surface area (Å²) in [5.74, 6) is -56.5. The van der Waals surface area contributed by atoms with E-state index in [2.05, 4.69) is 0 Å². The second-order valence-electron chi connectivity index (χ2n) is 7.94. The molecule has 18 heteroatoms. The van der Waals surface area contributed by atoms with E-state index in [1.165, 1.54) is 6.07 Å². The number of rotatable bonds is 11. The predicted molar refractivity (Wildman–Crippen MR) is 90.7 cm³/mol. The van der Waals surface area contributed by atoms with E-state index in [4.69, 9.17) is 4.74 Å². The van der Waals surface area contributed by atoms with Gasteiger partial charge in [0.05, 0.1) is 12.2 Å². The highest BCUT2D eigenvalue weighted by atomic mass is 19.4. The van der Waals surface area contributed by atoms with Crippen molar-refractivity contribution in [1.29, 1.82) is 0 Å². The van der Waals surface area contributed by atoms with Crippen LogP contribution in [0.4, 0.5) is 74.6 Å². The van der Waals surface area contributed by atoms with Gasteiger partial charge in [0.2, 0.25) is 0 Å². The fraction of sp³-hybridized carbons (Fsp3) is 0.684. The summed E-state index contributed by atoms with van der Waals surface area (Å²) in [6.45, 7) is 2.22. The number of hydrogen-bond donors (Lipinski definition) is 0. The maximum absolute atomic E-state index is 14.3. The lowest BCUT2D eigenvalue weighted by atomic mass is 9.87. The molecule has 0 aromatic heterocycles. The second-order valence-corrected chi connectivity index (χ2v) is 7.94. The van der Waals surface area contributed by atoms with Gasteiger partial charge in [0.1, 0.15) is 0 Å². The van der Waals surface area contributed by atoms with Crippen LogP contribution in [0.25, 0.3) is 0 Å². The minimum absolute atomic E-state index is 0.455. The maximum atomic E-state index is 14.3. The van der Waals surface area contributed by atoms with Crippen LogP contribution >= 0.6 is 0 Å². The Kier molecular flexibility index (Phi) is 8.59. The molecule has 0 N–H and O–H groups in total. The van der Waals surface area contributed by atoms with Gasteiger partial charge in [-0.15, -0.1) is 0 Å². The van der Waals surface area contributed by atoms with Crippen molar-refractivity contribution in [2.75, 3.05) is 0 Å². The quantitative estimate of drug-likeness (QED) is 0.238. The molecule has 0 aliphatic heterocycles. The van der Waals surface area contributed by atoms with E-state index in [1.54, 1.807) is 0 Å². The molecule has 216 valence electrons. The van der Waals surface area contributed by atoms with Crippen molar-refractivity contribution in [3.8, 4) is 0 Å². The van der Waals surface area contributed by atoms with Crippen LogP contribution < -0.4 is 0 Å². The lowest BCUT2D eigenvalue weighted by Crippen LogP contribution is -2.74. The molecule has 0 aliphatic carbocycles. The van der Waals surface area contributed by atoms with Crippen LogP contribution in [0, 0.1) is 0 Å². The smallest absolute Gasteiger partial charge is 0.371 e. The van der Waals surface area contributed by atoms with Crippen molar-refractivity contribution >= 4 is 0 Å². The molecule has 0 aliphatic rings. The average Bonchev–Trinajstić information content (AvgIpc) is 2.71. The van der Waals surface area contributed by atoms with Gasteiger partial charge in [0, 0.05) is 6.42 Å². The van der Waals surface area contributed by atoms with Crippen LogP contribution in [0.1, 0.15) is 31.9 Å². The normalized spacial score (nSPS) is 16.3. The highest BCUT2D eigenvalue weighted by Crippen LogP contribution is 2.64. The lowest BCUT2D eigenvalue weighted by Gasteiger charge is -2.43. The molecule has 0 saturated heterocycles. The summed E-state index contributed by atoms with van der Waals surface area (Å²) < 4.78 is 233. The molecule has 0 radical (unpaired) electrons. The van der Waals surface area contributed by atoms with Crippen molar-refractivity contribution in [3.63, 3.8) is 0 Å². The fourth-order valence-electron chi connectivity index (χ4n) is 2.80. The topological polar surface area (TPSA) is 9.23 Å². The van der Waals surface area contributed by atoms with E-state index in [1.807, 2.05) is 0 Å². The van der Waals surface area contributed by atoms with Gasteiger partial charge >= 0.3 is 47.6 Å². The van der Waals surface area contributed by atoms with E-state index in [9.17, 15) is 74.6 Å². The number of ether oxygens (including phenoxy) is 1. The predicted octanol–water partition coefficient (Wildman–Crippen LogP) is 8.55. The summed E-state index contributed by atoms with van der Waals surface area (Å²) in [6.07, 6.45) is -13.9. The molecule has 0 fully saturated rings. The molecular weight excluding hydrogens is 567 g/mol. The third-order valence-electron chi connectivity index (χ3n) is 4.84. The zero-order valence-corrected chi connectivity index (χ0v) is 18.1. The van der Waals surface area contributed by atoms with E-state index in [0.717, 1.165) is 38.1 Å². The van der Waals surface area contributed by atoms with Crippen LogP contribution in [-0.4, -0.2) is 53.7 Å². The molecule has 0 saturated carbocycles. The van der Waals surface area contributed by atoms with Crippen molar-refractivity contribution in [2.24, 2.45) is 0 Å². The van der Waals surface area contributed by atoms with Crippen molar-refractivity contribution in [2.45, 2.75) is 80.1 Å². The molecule has 1 unspecified atom stereocenters. The molecular formula is C19H15F17O. The first kappa shape index (κ1) is 33.0. The van der Waals surface area contributed by atoms with E-state index in [-0.39, 0.29) is 0 Å². The first-order valence-electron chi connectivity index (χ1n) is 9.55. The summed E-state index contributed by atoms with van der Waals surface area (Å²) in [5, 5.41) is 0. The molecule has 1 aromatic carbocycles. The van der Waals surface area contributed by atoms with Crippen LogP contribution in [0.5, 0.6) is 0 Å². The third-order valence-corrected chi connectivity index (χ3v) is 4.84. The summed E-state index contributed by atoms with van der Waals surface area (Å²) >= 11 is 0. The minimum Gasteiger partial charge on any atom is -0.371 e. The Morgan fingerprint density at radius 3 is 1.24 bits per heavy atom. The minimum atomic E-state index is -8.64. The molecule has 37 heavy (non-hydrogen) atoms. The molecule has 0 heterocycles. The third kappa shape index (κ3) is 5.17. The summed E-state index contributed by atoms with van der Waals surface area (Å²) in [4.78, 5) is 0. The van der Waals surface area contributed by atoms with Gasteiger partial charge in [-0.3, -0.25) is 0 Å². The van der Waals surface area contributed by atoms with Gasteiger partial charge in [-0.1, -0.05) is 30.3 Å². The first-order chi connectivity index (χ1) is 16.1. The van der Waals surface area contributed by atoms with Gasteiger partial charge in [-0.25, -0.2) is 0 Å². The van der Waals surface area contributed by atoms with Crippen LogP contribution in [0.3, 0.4) is 0 Å². The van der Waals surface area contributed by atoms with E-state index in [0.29, 0.717) is 0 Å². The number of hydrogen-bond acceptors (Lipinski definition) is 1. The van der Waals surface area contributed by atoms with Gasteiger partial charge in [-0.2, -0.15) is 74.6 Å². The average molecular weight is 582 g/mol. The summed E-state index contributed by atoms with van der Waals surface area (Å²) in [5.41, 5.74) is -0.455. The van der Waals surface area contributed by atoms with Crippen molar-refractivity contribution in [3.05, 3.63) is 35.9 Å². The van der Waals surface area contributed by atoms with E-state index >= 15 is 0 Å². The van der Waals surface area contributed by atoms with Gasteiger partial charge in [-0.05, 0) is 19.4 Å². The number of halogens is 17. The number of benzene rings is 1. The van der Waals surface area contributed by atoms with Gasteiger partial charge in [0.15, 0.2) is 0 Å². The zero-order chi connectivity index (χ0) is 29.7. The zero-order valence-electron chi connectivity index (χ0n) is 18.1. The number of alkyl halides is 17. The first-order valence-corrected chi connectivity index (χ1v) is 9.55. The molecule has 0 bridgehead atoms. The molecule has 0 spiro atoms. The molecule has 1 nitrogen and oxygen atoms in total. The highest BCUT2D eigenvalue weighted by Gasteiger charge is 2.95.